The Morgan fingerprint density at radius 3 is 2.70 bits per heavy atom. The topological polar surface area (TPSA) is 63.4 Å². The highest BCUT2D eigenvalue weighted by Crippen LogP contribution is 2.28. The van der Waals surface area contributed by atoms with Crippen LogP contribution in [0.4, 0.5) is 0 Å². The van der Waals surface area contributed by atoms with Crippen LogP contribution in [0.5, 0.6) is 0 Å². The summed E-state index contributed by atoms with van der Waals surface area (Å²) in [5.41, 5.74) is 6.15. The lowest BCUT2D eigenvalue weighted by Crippen LogP contribution is -2.29. The third kappa shape index (κ3) is 3.02. The third-order valence-electron chi connectivity index (χ3n) is 3.89. The van der Waals surface area contributed by atoms with Gasteiger partial charge in [-0.05, 0) is 30.4 Å². The molecule has 4 nitrogen and oxygen atoms in total. The van der Waals surface area contributed by atoms with Crippen LogP contribution in [0, 0.1) is 11.8 Å². The van der Waals surface area contributed by atoms with E-state index in [1.807, 2.05) is 0 Å². The van der Waals surface area contributed by atoms with Gasteiger partial charge >= 0.3 is 0 Å². The van der Waals surface area contributed by atoms with Crippen LogP contribution in [-0.2, 0) is 10.0 Å². The predicted octanol–water partition coefficient (Wildman–Crippen LogP) is 1.99. The molecule has 1 aromatic rings. The highest BCUT2D eigenvalue weighted by Gasteiger charge is 2.33. The highest BCUT2D eigenvalue weighted by atomic mass is 32.2. The van der Waals surface area contributed by atoms with Gasteiger partial charge in [0.25, 0.3) is 0 Å². The van der Waals surface area contributed by atoms with Gasteiger partial charge in [-0.2, -0.15) is 4.31 Å². The maximum Gasteiger partial charge on any atom is 0.243 e. The van der Waals surface area contributed by atoms with Crippen LogP contribution in [0.3, 0.4) is 0 Å². The van der Waals surface area contributed by atoms with E-state index < -0.39 is 10.0 Å². The number of hydrogen-bond acceptors (Lipinski definition) is 3. The Bertz CT molecular complexity index is 611. The van der Waals surface area contributed by atoms with Crippen molar-refractivity contribution in [1.82, 2.24) is 4.31 Å². The molecule has 1 aliphatic heterocycles. The van der Waals surface area contributed by atoms with E-state index in [0.717, 1.165) is 6.42 Å². The molecule has 0 radical (unpaired) electrons. The first-order chi connectivity index (χ1) is 9.32. The van der Waals surface area contributed by atoms with E-state index in [4.69, 9.17) is 18.0 Å². The van der Waals surface area contributed by atoms with Gasteiger partial charge in [0.2, 0.25) is 10.0 Å². The lowest BCUT2D eigenvalue weighted by Gasteiger charge is -2.18. The van der Waals surface area contributed by atoms with Crippen molar-refractivity contribution < 1.29 is 8.42 Å². The zero-order valence-electron chi connectivity index (χ0n) is 11.7. The Morgan fingerprint density at radius 2 is 2.15 bits per heavy atom. The summed E-state index contributed by atoms with van der Waals surface area (Å²) in [5, 5.41) is 0. The van der Waals surface area contributed by atoms with E-state index in [0.29, 0.717) is 30.5 Å². The first-order valence-corrected chi connectivity index (χ1v) is 8.57. The van der Waals surface area contributed by atoms with Crippen molar-refractivity contribution >= 4 is 27.2 Å². The van der Waals surface area contributed by atoms with E-state index in [2.05, 4.69) is 13.8 Å². The zero-order valence-corrected chi connectivity index (χ0v) is 13.4. The molecule has 1 saturated heterocycles. The Hall–Kier alpha value is -0.980. The monoisotopic (exact) mass is 312 g/mol. The van der Waals surface area contributed by atoms with Crippen LogP contribution >= 0.6 is 12.2 Å². The number of sulfonamides is 1. The molecule has 0 aliphatic carbocycles. The van der Waals surface area contributed by atoms with Crippen molar-refractivity contribution in [2.45, 2.75) is 25.2 Å². The normalized spacial score (nSPS) is 20.4. The number of nitrogens with zero attached hydrogens (tertiary/aromatic N) is 1. The molecule has 2 rings (SSSR count). The van der Waals surface area contributed by atoms with Crippen molar-refractivity contribution in [2.75, 3.05) is 13.1 Å². The lowest BCUT2D eigenvalue weighted by molar-refractivity contribution is 0.388. The summed E-state index contributed by atoms with van der Waals surface area (Å²) in [4.78, 5) is 0.482. The summed E-state index contributed by atoms with van der Waals surface area (Å²) in [5.74, 6) is 0.932. The minimum absolute atomic E-state index is 0.212. The van der Waals surface area contributed by atoms with Crippen molar-refractivity contribution in [1.29, 1.82) is 0 Å². The first kappa shape index (κ1) is 15.4. The van der Waals surface area contributed by atoms with Gasteiger partial charge < -0.3 is 5.73 Å². The maximum atomic E-state index is 12.6. The molecule has 1 unspecified atom stereocenters. The largest absolute Gasteiger partial charge is 0.389 e. The molecule has 1 aromatic carbocycles. The van der Waals surface area contributed by atoms with Crippen LogP contribution < -0.4 is 5.73 Å². The number of benzene rings is 1. The average molecular weight is 312 g/mol. The van der Waals surface area contributed by atoms with E-state index in [9.17, 15) is 8.42 Å². The van der Waals surface area contributed by atoms with Gasteiger partial charge in [0.15, 0.2) is 0 Å². The molecule has 1 fully saturated rings. The molecule has 20 heavy (non-hydrogen) atoms. The van der Waals surface area contributed by atoms with Gasteiger partial charge in [0, 0.05) is 18.7 Å². The number of thiocarbonyl (C=S) groups is 1. The quantitative estimate of drug-likeness (QED) is 0.864. The Balaban J connectivity index is 2.27. The second-order valence-corrected chi connectivity index (χ2v) is 7.93. The summed E-state index contributed by atoms with van der Waals surface area (Å²) >= 11 is 4.90. The van der Waals surface area contributed by atoms with Gasteiger partial charge in [-0.15, -0.1) is 0 Å². The van der Waals surface area contributed by atoms with Gasteiger partial charge in [-0.3, -0.25) is 0 Å². The molecular weight excluding hydrogens is 292 g/mol. The van der Waals surface area contributed by atoms with Gasteiger partial charge in [0.1, 0.15) is 4.99 Å². The first-order valence-electron chi connectivity index (χ1n) is 6.72. The summed E-state index contributed by atoms with van der Waals surface area (Å²) < 4.78 is 26.8. The highest BCUT2D eigenvalue weighted by molar-refractivity contribution is 7.89. The van der Waals surface area contributed by atoms with Gasteiger partial charge in [-0.25, -0.2) is 8.42 Å². The fourth-order valence-electron chi connectivity index (χ4n) is 2.48. The molecule has 2 N–H and O–H groups in total. The number of rotatable bonds is 4. The van der Waals surface area contributed by atoms with E-state index >= 15 is 0 Å². The van der Waals surface area contributed by atoms with Crippen molar-refractivity contribution in [3.8, 4) is 0 Å². The van der Waals surface area contributed by atoms with E-state index in [-0.39, 0.29) is 9.88 Å². The molecule has 1 aliphatic rings. The molecule has 0 bridgehead atoms. The van der Waals surface area contributed by atoms with Crippen LogP contribution in [0.2, 0.25) is 0 Å². The summed E-state index contributed by atoms with van der Waals surface area (Å²) in [6, 6.07) is 6.56. The third-order valence-corrected chi connectivity index (χ3v) is 5.98. The van der Waals surface area contributed by atoms with Crippen LogP contribution in [0.15, 0.2) is 29.2 Å². The van der Waals surface area contributed by atoms with Crippen molar-refractivity contribution in [2.24, 2.45) is 17.6 Å². The minimum atomic E-state index is -3.44. The zero-order chi connectivity index (χ0) is 14.9. The van der Waals surface area contributed by atoms with Crippen molar-refractivity contribution in [3.05, 3.63) is 29.8 Å². The molecule has 1 heterocycles. The lowest BCUT2D eigenvalue weighted by atomic mass is 9.96. The smallest absolute Gasteiger partial charge is 0.243 e. The van der Waals surface area contributed by atoms with Gasteiger partial charge in [0.05, 0.1) is 4.90 Å². The average Bonchev–Trinajstić information content (AvgIpc) is 2.89. The van der Waals surface area contributed by atoms with Crippen LogP contribution in [-0.4, -0.2) is 30.8 Å². The summed E-state index contributed by atoms with van der Waals surface area (Å²) in [6.45, 7) is 5.45. The SMILES string of the molecule is CC(C)C1CCN(S(=O)(=O)c2cccc(C(N)=S)c2)C1. The Morgan fingerprint density at radius 1 is 1.45 bits per heavy atom. The minimum Gasteiger partial charge on any atom is -0.389 e. The molecule has 6 heteroatoms. The second kappa shape index (κ2) is 5.79. The predicted molar refractivity (Wildman–Crippen MR) is 84.0 cm³/mol. The van der Waals surface area contributed by atoms with E-state index in [1.54, 1.807) is 28.6 Å². The van der Waals surface area contributed by atoms with Crippen LogP contribution in [0.1, 0.15) is 25.8 Å². The molecule has 0 aromatic heterocycles. The Kier molecular flexibility index (Phi) is 4.46. The van der Waals surface area contributed by atoms with Crippen LogP contribution in [0.25, 0.3) is 0 Å². The standard InChI is InChI=1S/C14H20N2O2S2/c1-10(2)12-6-7-16(9-12)20(17,18)13-5-3-4-11(8-13)14(15)19/h3-5,8,10,12H,6-7,9H2,1-2H3,(H2,15,19). The molecule has 110 valence electrons. The maximum absolute atomic E-state index is 12.6. The molecule has 0 spiro atoms. The fraction of sp³-hybridized carbons (Fsp3) is 0.500. The molecular formula is C14H20N2O2S2. The molecule has 1 atom stereocenters. The summed E-state index contributed by atoms with van der Waals surface area (Å²) in [7, 11) is -3.44. The second-order valence-electron chi connectivity index (χ2n) is 5.55. The number of hydrogen-bond donors (Lipinski definition) is 1. The fourth-order valence-corrected chi connectivity index (χ4v) is 4.16. The van der Waals surface area contributed by atoms with Gasteiger partial charge in [-0.1, -0.05) is 38.2 Å². The molecule has 0 saturated carbocycles. The van der Waals surface area contributed by atoms with E-state index in [1.165, 1.54) is 0 Å². The van der Waals surface area contributed by atoms with Crippen molar-refractivity contribution in [3.63, 3.8) is 0 Å². The molecule has 0 amide bonds. The number of nitrogens with two attached hydrogens (primary N) is 1. The summed E-state index contributed by atoms with van der Waals surface area (Å²) in [6.07, 6.45) is 0.923. The Labute approximate surface area is 126 Å².